The SMILES string of the molecule is CC1CCCC(N=O)C2C=C2C(C)C1. The number of fused-ring (bicyclic) bond motifs is 1. The molecule has 0 spiro atoms. The van der Waals surface area contributed by atoms with Gasteiger partial charge in [0.2, 0.25) is 0 Å². The Morgan fingerprint density at radius 3 is 2.86 bits per heavy atom. The zero-order valence-electron chi connectivity index (χ0n) is 9.07. The van der Waals surface area contributed by atoms with Gasteiger partial charge in [-0.3, -0.25) is 0 Å². The van der Waals surface area contributed by atoms with Crippen LogP contribution in [0.1, 0.15) is 39.5 Å². The summed E-state index contributed by atoms with van der Waals surface area (Å²) in [7, 11) is 0. The van der Waals surface area contributed by atoms with Gasteiger partial charge in [-0.15, -0.1) is 0 Å². The zero-order chi connectivity index (χ0) is 10.1. The molecule has 0 aromatic rings. The molecule has 0 saturated heterocycles. The molecule has 2 nitrogen and oxygen atoms in total. The summed E-state index contributed by atoms with van der Waals surface area (Å²) in [6, 6.07) is 0.0535. The Balaban J connectivity index is 2.03. The Labute approximate surface area is 85.7 Å². The highest BCUT2D eigenvalue weighted by molar-refractivity contribution is 5.34. The van der Waals surface area contributed by atoms with E-state index >= 15 is 0 Å². The molecule has 0 N–H and O–H groups in total. The summed E-state index contributed by atoms with van der Waals surface area (Å²) in [5.74, 6) is 1.92. The van der Waals surface area contributed by atoms with Crippen LogP contribution in [0.25, 0.3) is 0 Å². The molecule has 4 atom stereocenters. The highest BCUT2D eigenvalue weighted by Gasteiger charge is 2.37. The average Bonchev–Trinajstić information content (AvgIpc) is 2.91. The van der Waals surface area contributed by atoms with Gasteiger partial charge in [0.25, 0.3) is 0 Å². The van der Waals surface area contributed by atoms with E-state index in [9.17, 15) is 4.91 Å². The molecular formula is C12H19NO. The Morgan fingerprint density at radius 1 is 1.36 bits per heavy atom. The number of hydrogen-bond donors (Lipinski definition) is 0. The summed E-state index contributed by atoms with van der Waals surface area (Å²) in [5.41, 5.74) is 1.50. The van der Waals surface area contributed by atoms with Crippen molar-refractivity contribution < 1.29 is 0 Å². The summed E-state index contributed by atoms with van der Waals surface area (Å²) in [6.07, 6.45) is 6.96. The third kappa shape index (κ3) is 1.89. The minimum atomic E-state index is 0.0535. The molecule has 2 heteroatoms. The van der Waals surface area contributed by atoms with Crippen LogP contribution in [0, 0.1) is 22.7 Å². The maximum absolute atomic E-state index is 10.7. The summed E-state index contributed by atoms with van der Waals surface area (Å²) in [5, 5.41) is 3.27. The van der Waals surface area contributed by atoms with E-state index in [4.69, 9.17) is 0 Å². The number of rotatable bonds is 1. The number of nitroso groups, excluding NO2 is 1. The molecule has 0 aromatic heterocycles. The van der Waals surface area contributed by atoms with Crippen LogP contribution in [0.15, 0.2) is 16.8 Å². The second kappa shape index (κ2) is 3.84. The van der Waals surface area contributed by atoms with Gasteiger partial charge in [-0.05, 0) is 24.7 Å². The third-order valence-corrected chi connectivity index (χ3v) is 3.72. The van der Waals surface area contributed by atoms with Crippen molar-refractivity contribution in [3.05, 3.63) is 16.6 Å². The molecule has 0 heterocycles. The molecule has 4 unspecified atom stereocenters. The Bertz CT molecular complexity index is 259. The van der Waals surface area contributed by atoms with Gasteiger partial charge in [0.05, 0.1) is 0 Å². The first-order valence-corrected chi connectivity index (χ1v) is 5.76. The van der Waals surface area contributed by atoms with Crippen molar-refractivity contribution in [3.8, 4) is 0 Å². The van der Waals surface area contributed by atoms with Gasteiger partial charge >= 0.3 is 0 Å². The number of nitrogens with zero attached hydrogens (tertiary/aromatic N) is 1. The van der Waals surface area contributed by atoms with Crippen LogP contribution < -0.4 is 0 Å². The quantitative estimate of drug-likeness (QED) is 0.462. The first-order chi connectivity index (χ1) is 6.72. The van der Waals surface area contributed by atoms with E-state index in [0.717, 1.165) is 12.3 Å². The van der Waals surface area contributed by atoms with E-state index < -0.39 is 0 Å². The smallest absolute Gasteiger partial charge is 0.102 e. The van der Waals surface area contributed by atoms with Gasteiger partial charge in [-0.25, -0.2) is 0 Å². The van der Waals surface area contributed by atoms with E-state index in [-0.39, 0.29) is 6.04 Å². The minimum Gasteiger partial charge on any atom is -0.150 e. The van der Waals surface area contributed by atoms with E-state index in [1.165, 1.54) is 24.8 Å². The first kappa shape index (κ1) is 9.88. The van der Waals surface area contributed by atoms with Crippen molar-refractivity contribution in [2.45, 2.75) is 45.6 Å². The van der Waals surface area contributed by atoms with Crippen LogP contribution >= 0.6 is 0 Å². The van der Waals surface area contributed by atoms with Crippen molar-refractivity contribution in [2.24, 2.45) is 22.9 Å². The third-order valence-electron chi connectivity index (χ3n) is 3.72. The molecular weight excluding hydrogens is 174 g/mol. The zero-order valence-corrected chi connectivity index (χ0v) is 9.07. The van der Waals surface area contributed by atoms with Gasteiger partial charge in [0.15, 0.2) is 0 Å². The van der Waals surface area contributed by atoms with E-state index in [1.807, 2.05) is 0 Å². The van der Waals surface area contributed by atoms with Crippen molar-refractivity contribution >= 4 is 0 Å². The second-order valence-corrected chi connectivity index (χ2v) is 5.04. The summed E-state index contributed by atoms with van der Waals surface area (Å²) in [6.45, 7) is 4.61. The van der Waals surface area contributed by atoms with Crippen LogP contribution in [0.3, 0.4) is 0 Å². The van der Waals surface area contributed by atoms with Crippen molar-refractivity contribution in [2.75, 3.05) is 0 Å². The maximum atomic E-state index is 10.7. The Hall–Kier alpha value is -0.660. The van der Waals surface area contributed by atoms with Crippen molar-refractivity contribution in [3.63, 3.8) is 0 Å². The summed E-state index contributed by atoms with van der Waals surface area (Å²) in [4.78, 5) is 10.7. The molecule has 1 fully saturated rings. The predicted octanol–water partition coefficient (Wildman–Crippen LogP) is 3.52. The predicted molar refractivity (Wildman–Crippen MR) is 58.0 cm³/mol. The van der Waals surface area contributed by atoms with Crippen LogP contribution in [0.5, 0.6) is 0 Å². The lowest BCUT2D eigenvalue weighted by Gasteiger charge is -2.13. The summed E-state index contributed by atoms with van der Waals surface area (Å²) < 4.78 is 0. The van der Waals surface area contributed by atoms with Gasteiger partial charge < -0.3 is 0 Å². The standard InChI is InChI=1S/C12H19NO/c1-8-4-3-5-12(13-14)11-7-10(11)9(2)6-8/h7-9,11-12H,3-6H2,1-2H3. The lowest BCUT2D eigenvalue weighted by molar-refractivity contribution is 0.422. The average molecular weight is 193 g/mol. The van der Waals surface area contributed by atoms with Crippen LogP contribution in [0.4, 0.5) is 0 Å². The lowest BCUT2D eigenvalue weighted by atomic mass is 9.92. The molecule has 2 aliphatic carbocycles. The molecule has 78 valence electrons. The largest absolute Gasteiger partial charge is 0.150 e. The maximum Gasteiger partial charge on any atom is 0.102 e. The first-order valence-electron chi connectivity index (χ1n) is 5.76. The van der Waals surface area contributed by atoms with Gasteiger partial charge in [-0.2, -0.15) is 4.91 Å². The summed E-state index contributed by atoms with van der Waals surface area (Å²) >= 11 is 0. The van der Waals surface area contributed by atoms with Gasteiger partial charge in [0.1, 0.15) is 6.04 Å². The second-order valence-electron chi connectivity index (χ2n) is 5.04. The lowest BCUT2D eigenvalue weighted by Crippen LogP contribution is -2.09. The molecule has 2 aliphatic rings. The normalized spacial score (nSPS) is 42.6. The minimum absolute atomic E-state index is 0.0535. The van der Waals surface area contributed by atoms with Crippen LogP contribution in [-0.2, 0) is 0 Å². The molecule has 1 saturated carbocycles. The molecule has 0 radical (unpaired) electrons. The Morgan fingerprint density at radius 2 is 2.14 bits per heavy atom. The highest BCUT2D eigenvalue weighted by atomic mass is 16.3. The molecule has 0 amide bonds. The fourth-order valence-corrected chi connectivity index (χ4v) is 2.82. The van der Waals surface area contributed by atoms with Gasteiger partial charge in [0, 0.05) is 5.92 Å². The molecule has 0 bridgehead atoms. The van der Waals surface area contributed by atoms with Gasteiger partial charge in [-0.1, -0.05) is 43.5 Å². The molecule has 0 aromatic carbocycles. The monoisotopic (exact) mass is 193 g/mol. The van der Waals surface area contributed by atoms with Crippen molar-refractivity contribution in [1.29, 1.82) is 0 Å². The molecule has 2 rings (SSSR count). The van der Waals surface area contributed by atoms with E-state index in [1.54, 1.807) is 0 Å². The number of hydrogen-bond acceptors (Lipinski definition) is 2. The highest BCUT2D eigenvalue weighted by Crippen LogP contribution is 2.44. The van der Waals surface area contributed by atoms with Crippen LogP contribution in [-0.4, -0.2) is 6.04 Å². The molecule has 0 aliphatic heterocycles. The van der Waals surface area contributed by atoms with E-state index in [0.29, 0.717) is 11.8 Å². The fourth-order valence-electron chi connectivity index (χ4n) is 2.82. The Kier molecular flexibility index (Phi) is 2.71. The van der Waals surface area contributed by atoms with Crippen LogP contribution in [0.2, 0.25) is 0 Å². The van der Waals surface area contributed by atoms with Crippen molar-refractivity contribution in [1.82, 2.24) is 0 Å². The van der Waals surface area contributed by atoms with E-state index in [2.05, 4.69) is 25.1 Å². The fraction of sp³-hybridized carbons (Fsp3) is 0.833. The topological polar surface area (TPSA) is 29.4 Å². The molecule has 14 heavy (non-hydrogen) atoms.